The summed E-state index contributed by atoms with van der Waals surface area (Å²) in [4.78, 5) is 7.87. The summed E-state index contributed by atoms with van der Waals surface area (Å²) in [5.41, 5.74) is 2.35. The molecule has 0 aliphatic heterocycles. The fraction of sp³-hybridized carbons (Fsp3) is 0.600. The first-order chi connectivity index (χ1) is 7.72. The van der Waals surface area contributed by atoms with Gasteiger partial charge in [-0.25, -0.2) is 10.8 Å². The highest BCUT2D eigenvalue weighted by Gasteiger charge is 1.98. The van der Waals surface area contributed by atoms with Crippen molar-refractivity contribution in [3.05, 3.63) is 12.3 Å². The summed E-state index contributed by atoms with van der Waals surface area (Å²) < 4.78 is 10.7. The fourth-order valence-corrected chi connectivity index (χ4v) is 1.02. The zero-order chi connectivity index (χ0) is 11.8. The van der Waals surface area contributed by atoms with Crippen LogP contribution in [0.4, 0.5) is 5.95 Å². The van der Waals surface area contributed by atoms with E-state index in [1.54, 1.807) is 12.3 Å². The van der Waals surface area contributed by atoms with Gasteiger partial charge in [0.15, 0.2) is 0 Å². The smallest absolute Gasteiger partial charge is 0.240 e. The molecule has 0 aromatic carbocycles. The summed E-state index contributed by atoms with van der Waals surface area (Å²) in [5.74, 6) is 6.52. The van der Waals surface area contributed by atoms with Gasteiger partial charge in [-0.1, -0.05) is 13.8 Å². The molecule has 0 unspecified atom stereocenters. The van der Waals surface area contributed by atoms with Crippen molar-refractivity contribution in [2.45, 2.75) is 13.8 Å². The van der Waals surface area contributed by atoms with Crippen LogP contribution in [0.2, 0.25) is 0 Å². The highest BCUT2D eigenvalue weighted by atomic mass is 16.5. The van der Waals surface area contributed by atoms with E-state index in [1.807, 2.05) is 0 Å². The topological polar surface area (TPSA) is 82.3 Å². The van der Waals surface area contributed by atoms with Gasteiger partial charge in [-0.05, 0) is 5.92 Å². The predicted molar refractivity (Wildman–Crippen MR) is 61.0 cm³/mol. The third-order valence-electron chi connectivity index (χ3n) is 1.69. The van der Waals surface area contributed by atoms with E-state index in [-0.39, 0.29) is 0 Å². The van der Waals surface area contributed by atoms with E-state index in [4.69, 9.17) is 15.3 Å². The summed E-state index contributed by atoms with van der Waals surface area (Å²) in [6.07, 6.45) is 1.58. The normalized spacial score (nSPS) is 10.5. The van der Waals surface area contributed by atoms with E-state index in [0.717, 1.165) is 6.61 Å². The van der Waals surface area contributed by atoms with Crippen LogP contribution in [-0.4, -0.2) is 29.8 Å². The van der Waals surface area contributed by atoms with Gasteiger partial charge >= 0.3 is 0 Å². The predicted octanol–water partition coefficient (Wildman–Crippen LogP) is 0.814. The van der Waals surface area contributed by atoms with Gasteiger partial charge in [-0.2, -0.15) is 4.98 Å². The minimum absolute atomic E-state index is 0.334. The van der Waals surface area contributed by atoms with Crippen molar-refractivity contribution < 1.29 is 9.47 Å². The number of hydrazine groups is 1. The van der Waals surface area contributed by atoms with Crippen LogP contribution in [-0.2, 0) is 4.74 Å². The molecule has 0 spiro atoms. The molecule has 0 aliphatic rings. The number of nitrogen functional groups attached to an aromatic ring is 1. The first kappa shape index (κ1) is 12.7. The lowest BCUT2D eigenvalue weighted by atomic mass is 10.2. The summed E-state index contributed by atoms with van der Waals surface area (Å²) in [7, 11) is 0. The Morgan fingerprint density at radius 1 is 1.44 bits per heavy atom. The molecule has 0 radical (unpaired) electrons. The molecule has 16 heavy (non-hydrogen) atoms. The Morgan fingerprint density at radius 2 is 2.25 bits per heavy atom. The van der Waals surface area contributed by atoms with Crippen LogP contribution in [0.3, 0.4) is 0 Å². The molecule has 1 aromatic heterocycles. The highest BCUT2D eigenvalue weighted by molar-refractivity contribution is 5.25. The highest BCUT2D eigenvalue weighted by Crippen LogP contribution is 2.06. The van der Waals surface area contributed by atoms with Crippen LogP contribution in [0.25, 0.3) is 0 Å². The van der Waals surface area contributed by atoms with E-state index in [2.05, 4.69) is 29.2 Å². The number of hydrogen-bond donors (Lipinski definition) is 2. The number of nitrogens with one attached hydrogen (secondary N) is 1. The Balaban J connectivity index is 2.21. The lowest BCUT2D eigenvalue weighted by molar-refractivity contribution is 0.0806. The van der Waals surface area contributed by atoms with Gasteiger partial charge in [0.05, 0.1) is 6.61 Å². The van der Waals surface area contributed by atoms with Crippen LogP contribution < -0.4 is 16.0 Å². The molecule has 90 valence electrons. The van der Waals surface area contributed by atoms with Crippen LogP contribution in [0.1, 0.15) is 13.8 Å². The molecular weight excluding hydrogens is 208 g/mol. The second kappa shape index (κ2) is 6.97. The molecule has 0 bridgehead atoms. The maximum absolute atomic E-state index is 5.36. The molecule has 1 aromatic rings. The number of aromatic nitrogens is 2. The van der Waals surface area contributed by atoms with Gasteiger partial charge in [0.1, 0.15) is 6.61 Å². The fourth-order valence-electron chi connectivity index (χ4n) is 1.02. The molecule has 1 rings (SSSR count). The summed E-state index contributed by atoms with van der Waals surface area (Å²) in [5, 5.41) is 0. The van der Waals surface area contributed by atoms with Crippen LogP contribution in [0.15, 0.2) is 12.3 Å². The Morgan fingerprint density at radius 3 is 2.94 bits per heavy atom. The standard InChI is InChI=1S/C10H18N4O2/c1-8(2)7-15-5-6-16-9-3-4-12-10(13-9)14-11/h3-4,8H,5-7,11H2,1-2H3,(H,12,13,14). The summed E-state index contributed by atoms with van der Waals surface area (Å²) in [6.45, 7) is 5.96. The molecule has 0 fully saturated rings. The first-order valence-corrected chi connectivity index (χ1v) is 5.22. The van der Waals surface area contributed by atoms with Crippen molar-refractivity contribution in [3.8, 4) is 5.88 Å². The number of ether oxygens (including phenoxy) is 2. The third kappa shape index (κ3) is 4.90. The van der Waals surface area contributed by atoms with Crippen molar-refractivity contribution in [1.29, 1.82) is 0 Å². The van der Waals surface area contributed by atoms with E-state index >= 15 is 0 Å². The largest absolute Gasteiger partial charge is 0.475 e. The van der Waals surface area contributed by atoms with Crippen molar-refractivity contribution in [2.75, 3.05) is 25.2 Å². The Kier molecular flexibility index (Phi) is 5.52. The SMILES string of the molecule is CC(C)COCCOc1ccnc(NN)n1. The second-order valence-corrected chi connectivity index (χ2v) is 3.68. The number of anilines is 1. The number of nitrogens with two attached hydrogens (primary N) is 1. The Labute approximate surface area is 95.1 Å². The van der Waals surface area contributed by atoms with Crippen molar-refractivity contribution in [1.82, 2.24) is 9.97 Å². The van der Waals surface area contributed by atoms with E-state index < -0.39 is 0 Å². The maximum Gasteiger partial charge on any atom is 0.240 e. The lowest BCUT2D eigenvalue weighted by Crippen LogP contribution is -2.13. The molecule has 0 atom stereocenters. The van der Waals surface area contributed by atoms with Gasteiger partial charge in [0, 0.05) is 18.9 Å². The van der Waals surface area contributed by atoms with Gasteiger partial charge in [0.25, 0.3) is 0 Å². The average Bonchev–Trinajstić information content (AvgIpc) is 2.28. The average molecular weight is 226 g/mol. The minimum Gasteiger partial charge on any atom is -0.475 e. The van der Waals surface area contributed by atoms with Crippen LogP contribution >= 0.6 is 0 Å². The van der Waals surface area contributed by atoms with Gasteiger partial charge < -0.3 is 9.47 Å². The van der Waals surface area contributed by atoms with Crippen molar-refractivity contribution in [3.63, 3.8) is 0 Å². The van der Waals surface area contributed by atoms with Crippen LogP contribution in [0.5, 0.6) is 5.88 Å². The molecule has 3 N–H and O–H groups in total. The van der Waals surface area contributed by atoms with Gasteiger partial charge in [-0.3, -0.25) is 5.43 Å². The zero-order valence-electron chi connectivity index (χ0n) is 9.64. The van der Waals surface area contributed by atoms with E-state index in [0.29, 0.717) is 31.0 Å². The maximum atomic E-state index is 5.36. The van der Waals surface area contributed by atoms with Crippen LogP contribution in [0, 0.1) is 5.92 Å². The molecule has 0 saturated heterocycles. The minimum atomic E-state index is 0.334. The van der Waals surface area contributed by atoms with Gasteiger partial charge in [0.2, 0.25) is 11.8 Å². The second-order valence-electron chi connectivity index (χ2n) is 3.68. The summed E-state index contributed by atoms with van der Waals surface area (Å²) in [6, 6.07) is 1.67. The Bertz CT molecular complexity index is 307. The van der Waals surface area contributed by atoms with Crippen molar-refractivity contribution in [2.24, 2.45) is 11.8 Å². The monoisotopic (exact) mass is 226 g/mol. The molecular formula is C10H18N4O2. The number of nitrogens with zero attached hydrogens (tertiary/aromatic N) is 2. The van der Waals surface area contributed by atoms with Crippen molar-refractivity contribution >= 4 is 5.95 Å². The van der Waals surface area contributed by atoms with E-state index in [9.17, 15) is 0 Å². The quantitative estimate of drug-likeness (QED) is 0.407. The van der Waals surface area contributed by atoms with E-state index in [1.165, 1.54) is 0 Å². The lowest BCUT2D eigenvalue weighted by Gasteiger charge is -2.08. The molecule has 0 aliphatic carbocycles. The number of rotatable bonds is 7. The molecule has 6 heteroatoms. The molecule has 0 saturated carbocycles. The molecule has 0 amide bonds. The number of hydrogen-bond acceptors (Lipinski definition) is 6. The summed E-state index contributed by atoms with van der Waals surface area (Å²) >= 11 is 0. The first-order valence-electron chi connectivity index (χ1n) is 5.22. The zero-order valence-corrected chi connectivity index (χ0v) is 9.64. The molecule has 1 heterocycles. The third-order valence-corrected chi connectivity index (χ3v) is 1.69. The molecule has 6 nitrogen and oxygen atoms in total. The van der Waals surface area contributed by atoms with Gasteiger partial charge in [-0.15, -0.1) is 0 Å². The Hall–Kier alpha value is -1.40.